The van der Waals surface area contributed by atoms with E-state index in [2.05, 4.69) is 55.6 Å². The first kappa shape index (κ1) is 23.9. The van der Waals surface area contributed by atoms with Crippen molar-refractivity contribution in [2.75, 3.05) is 33.5 Å². The van der Waals surface area contributed by atoms with E-state index in [-0.39, 0.29) is 29.4 Å². The lowest BCUT2D eigenvalue weighted by molar-refractivity contribution is -0.903. The molecule has 34 heavy (non-hydrogen) atoms. The molecular weight excluding hydrogens is 535 g/mol. The van der Waals surface area contributed by atoms with Gasteiger partial charge in [0, 0.05) is 18.3 Å². The molecule has 6 rings (SSSR count). The zero-order valence-corrected chi connectivity index (χ0v) is 22.2. The molecule has 0 radical (unpaired) electrons. The first-order chi connectivity index (χ1) is 16.1. The summed E-state index contributed by atoms with van der Waals surface area (Å²) in [4.78, 5) is 0. The number of fused-ring (bicyclic) bond motifs is 2. The monoisotopic (exact) mass is 570 g/mol. The van der Waals surface area contributed by atoms with E-state index in [1.54, 1.807) is 0 Å². The van der Waals surface area contributed by atoms with Gasteiger partial charge >= 0.3 is 0 Å². The summed E-state index contributed by atoms with van der Waals surface area (Å²) in [6, 6.07) is 20.0. The summed E-state index contributed by atoms with van der Waals surface area (Å²) in [5, 5.41) is 10.5. The van der Waals surface area contributed by atoms with E-state index in [1.165, 1.54) is 56.4 Å². The van der Waals surface area contributed by atoms with Gasteiger partial charge in [0.2, 0.25) is 6.79 Å². The number of hydrogen-bond donors (Lipinski definition) is 0. The van der Waals surface area contributed by atoms with Crippen molar-refractivity contribution in [3.05, 3.63) is 59.7 Å². The Morgan fingerprint density at radius 1 is 1.00 bits per heavy atom. The van der Waals surface area contributed by atoms with Crippen molar-refractivity contribution in [3.8, 4) is 17.6 Å². The fraction of sp³-hybridized carbons (Fsp3) is 0.552. The summed E-state index contributed by atoms with van der Waals surface area (Å²) < 4.78 is 12.2. The molecule has 2 aliphatic carbocycles. The van der Waals surface area contributed by atoms with Crippen LogP contribution in [0.2, 0.25) is 0 Å². The molecule has 2 saturated carbocycles. The number of nitriles is 1. The van der Waals surface area contributed by atoms with E-state index in [0.717, 1.165) is 46.6 Å². The smallest absolute Gasteiger partial charge is 0.231 e. The number of benzene rings is 2. The summed E-state index contributed by atoms with van der Waals surface area (Å²) in [5.74, 6) is 4.60. The Hall–Kier alpha value is -1.78. The molecule has 4 aliphatic rings. The van der Waals surface area contributed by atoms with Crippen molar-refractivity contribution in [1.29, 1.82) is 5.26 Å². The van der Waals surface area contributed by atoms with Gasteiger partial charge in [0.15, 0.2) is 11.5 Å². The largest absolute Gasteiger partial charge is 1.00 e. The van der Waals surface area contributed by atoms with Gasteiger partial charge in [-0.05, 0) is 54.4 Å². The molecular formula is C29H35IN2O2. The van der Waals surface area contributed by atoms with Crippen molar-refractivity contribution in [2.45, 2.75) is 43.9 Å². The molecule has 0 amide bonds. The molecule has 2 aliphatic heterocycles. The van der Waals surface area contributed by atoms with Crippen LogP contribution >= 0.6 is 0 Å². The molecule has 3 atom stereocenters. The van der Waals surface area contributed by atoms with Crippen molar-refractivity contribution < 1.29 is 37.9 Å². The maximum absolute atomic E-state index is 10.5. The average Bonchev–Trinajstić information content (AvgIpc) is 3.38. The second-order valence-corrected chi connectivity index (χ2v) is 11.3. The summed E-state index contributed by atoms with van der Waals surface area (Å²) in [7, 11) is 2.43. The quantitative estimate of drug-likeness (QED) is 0.379. The summed E-state index contributed by atoms with van der Waals surface area (Å²) >= 11 is 0. The number of nitrogens with zero attached hydrogens (tertiary/aromatic N) is 2. The third-order valence-electron chi connectivity index (χ3n) is 9.29. The van der Waals surface area contributed by atoms with E-state index in [4.69, 9.17) is 9.47 Å². The minimum atomic E-state index is -0.289. The van der Waals surface area contributed by atoms with Gasteiger partial charge in [-0.3, -0.25) is 0 Å². The summed E-state index contributed by atoms with van der Waals surface area (Å²) in [5.41, 5.74) is 2.32. The van der Waals surface area contributed by atoms with Crippen LogP contribution in [0.3, 0.4) is 0 Å². The molecule has 0 spiro atoms. The molecule has 2 aromatic rings. The van der Waals surface area contributed by atoms with Crippen molar-refractivity contribution in [2.24, 2.45) is 23.7 Å². The summed E-state index contributed by atoms with van der Waals surface area (Å²) in [6.45, 7) is 4.04. The van der Waals surface area contributed by atoms with Crippen molar-refractivity contribution in [3.63, 3.8) is 0 Å². The Kier molecular flexibility index (Phi) is 6.58. The van der Waals surface area contributed by atoms with Gasteiger partial charge in [-0.25, -0.2) is 0 Å². The van der Waals surface area contributed by atoms with Crippen molar-refractivity contribution >= 4 is 0 Å². The fourth-order valence-electron chi connectivity index (χ4n) is 7.39. The van der Waals surface area contributed by atoms with E-state index < -0.39 is 0 Å². The van der Waals surface area contributed by atoms with Crippen LogP contribution in [0.1, 0.15) is 43.2 Å². The number of ether oxygens (including phenoxy) is 2. The van der Waals surface area contributed by atoms with E-state index in [0.29, 0.717) is 12.7 Å². The highest BCUT2D eigenvalue weighted by Gasteiger charge is 2.63. The van der Waals surface area contributed by atoms with Crippen LogP contribution in [-0.2, 0) is 11.8 Å². The number of halogens is 1. The third-order valence-corrected chi connectivity index (χ3v) is 9.29. The van der Waals surface area contributed by atoms with Crippen LogP contribution in [0.5, 0.6) is 11.5 Å². The molecule has 2 aromatic carbocycles. The Balaban J connectivity index is 0.00000241. The molecule has 180 valence electrons. The predicted octanol–water partition coefficient (Wildman–Crippen LogP) is 2.33. The predicted molar refractivity (Wildman–Crippen MR) is 128 cm³/mol. The number of likely N-dealkylation sites (N-methyl/N-ethyl adjacent to an activating group) is 1. The highest BCUT2D eigenvalue weighted by atomic mass is 127. The van der Waals surface area contributed by atoms with Gasteiger partial charge < -0.3 is 37.9 Å². The molecule has 3 unspecified atom stereocenters. The first-order valence-electron chi connectivity index (χ1n) is 12.8. The number of quaternary nitrogens is 1. The van der Waals surface area contributed by atoms with Crippen LogP contribution in [-0.4, -0.2) is 38.0 Å². The standard InChI is InChI=1S/C29H35N2O2.HI/c1-31(14-13-21-11-12-27-28(15-21)33-20-32-27)17-25-24(26(25)18-31)16-29(19-30,23-9-5-6-10-23)22-7-3-2-4-8-22;/h2-4,7-8,11-12,15,23-26H,5-6,9-10,13-14,16-18,20H2,1H3;1H/q+1;/p-1. The second-order valence-electron chi connectivity index (χ2n) is 11.3. The van der Waals surface area contributed by atoms with Gasteiger partial charge in [0.1, 0.15) is 0 Å². The Morgan fingerprint density at radius 3 is 2.41 bits per heavy atom. The van der Waals surface area contributed by atoms with Gasteiger partial charge in [-0.2, -0.15) is 5.26 Å². The molecule has 1 saturated heterocycles. The van der Waals surface area contributed by atoms with Crippen LogP contribution in [0, 0.1) is 35.0 Å². The van der Waals surface area contributed by atoms with Crippen LogP contribution in [0.15, 0.2) is 48.5 Å². The zero-order chi connectivity index (χ0) is 22.5. The average molecular weight is 571 g/mol. The van der Waals surface area contributed by atoms with Gasteiger partial charge in [0.25, 0.3) is 0 Å². The summed E-state index contributed by atoms with van der Waals surface area (Å²) in [6.07, 6.45) is 7.14. The molecule has 5 heteroatoms. The van der Waals surface area contributed by atoms with E-state index in [1.807, 2.05) is 6.07 Å². The number of likely N-dealkylation sites (tertiary alicyclic amines) is 1. The number of hydrogen-bond acceptors (Lipinski definition) is 3. The minimum Gasteiger partial charge on any atom is -1.00 e. The molecule has 0 N–H and O–H groups in total. The maximum Gasteiger partial charge on any atom is 0.231 e. The SMILES string of the molecule is C[N+]1(CCc2ccc3c(c2)OCO3)CC2C(CC(C#N)(c3ccccc3)C3CCCC3)C2C1.[I-]. The number of piperidine rings is 1. The minimum absolute atomic E-state index is 0. The third kappa shape index (κ3) is 4.22. The van der Waals surface area contributed by atoms with Gasteiger partial charge in [0.05, 0.1) is 38.2 Å². The van der Waals surface area contributed by atoms with Crippen LogP contribution in [0.4, 0.5) is 0 Å². The topological polar surface area (TPSA) is 42.2 Å². The van der Waals surface area contributed by atoms with Crippen LogP contribution in [0.25, 0.3) is 0 Å². The lowest BCUT2D eigenvalue weighted by Crippen LogP contribution is -3.00. The highest BCUT2D eigenvalue weighted by Crippen LogP contribution is 2.60. The van der Waals surface area contributed by atoms with Gasteiger partial charge in [-0.15, -0.1) is 0 Å². The fourth-order valence-corrected chi connectivity index (χ4v) is 7.39. The second kappa shape index (κ2) is 9.35. The lowest BCUT2D eigenvalue weighted by Gasteiger charge is -2.36. The normalized spacial score (nSPS) is 30.8. The van der Waals surface area contributed by atoms with Crippen LogP contribution < -0.4 is 33.5 Å². The Labute approximate surface area is 220 Å². The van der Waals surface area contributed by atoms with E-state index in [9.17, 15) is 5.26 Å². The molecule has 4 nitrogen and oxygen atoms in total. The number of rotatable bonds is 7. The Bertz CT molecular complexity index is 1050. The lowest BCUT2D eigenvalue weighted by atomic mass is 9.67. The highest BCUT2D eigenvalue weighted by molar-refractivity contribution is 5.44. The van der Waals surface area contributed by atoms with Crippen molar-refractivity contribution in [1.82, 2.24) is 0 Å². The van der Waals surface area contributed by atoms with Gasteiger partial charge in [-0.1, -0.05) is 49.2 Å². The first-order valence-corrected chi connectivity index (χ1v) is 12.8. The molecule has 2 heterocycles. The maximum atomic E-state index is 10.5. The molecule has 3 fully saturated rings. The molecule has 0 aromatic heterocycles. The zero-order valence-electron chi connectivity index (χ0n) is 20.1. The molecule has 0 bridgehead atoms. The van der Waals surface area contributed by atoms with E-state index >= 15 is 0 Å². The Morgan fingerprint density at radius 2 is 1.71 bits per heavy atom.